The molecule has 0 spiro atoms. The summed E-state index contributed by atoms with van der Waals surface area (Å²) in [5.74, 6) is 1.15. The van der Waals surface area contributed by atoms with Gasteiger partial charge in [-0.3, -0.25) is 0 Å². The Morgan fingerprint density at radius 1 is 0.690 bits per heavy atom. The van der Waals surface area contributed by atoms with Gasteiger partial charge in [0.1, 0.15) is 0 Å². The Balaban J connectivity index is 1.95. The SMILES string of the molecule is CCCCCCCCCC(Cc1ccccc1)C(CCCCCC)[C+]1N=CC=N1. The molecule has 0 fully saturated rings. The van der Waals surface area contributed by atoms with Gasteiger partial charge in [0.15, 0.2) is 12.4 Å². The monoisotopic (exact) mass is 395 g/mol. The lowest BCUT2D eigenvalue weighted by atomic mass is 9.78. The van der Waals surface area contributed by atoms with Crippen molar-refractivity contribution in [2.45, 2.75) is 104 Å². The van der Waals surface area contributed by atoms with Crippen molar-refractivity contribution in [3.05, 3.63) is 42.1 Å². The molecule has 1 aliphatic rings. The van der Waals surface area contributed by atoms with Gasteiger partial charge in [-0.1, -0.05) is 125 Å². The third kappa shape index (κ3) is 9.65. The smallest absolute Gasteiger partial charge is 0.0965 e. The molecule has 0 amide bonds. The van der Waals surface area contributed by atoms with E-state index in [2.05, 4.69) is 54.2 Å². The topological polar surface area (TPSA) is 24.7 Å². The van der Waals surface area contributed by atoms with Crippen molar-refractivity contribution in [2.24, 2.45) is 21.8 Å². The summed E-state index contributed by atoms with van der Waals surface area (Å²) in [7, 11) is 0. The van der Waals surface area contributed by atoms with Crippen molar-refractivity contribution >= 4 is 12.4 Å². The van der Waals surface area contributed by atoms with Crippen LogP contribution in [-0.2, 0) is 6.42 Å². The van der Waals surface area contributed by atoms with E-state index in [1.165, 1.54) is 89.0 Å². The first-order valence-electron chi connectivity index (χ1n) is 12.3. The van der Waals surface area contributed by atoms with Crippen LogP contribution in [0.1, 0.15) is 103 Å². The molecule has 2 atom stereocenters. The van der Waals surface area contributed by atoms with Gasteiger partial charge in [0.25, 0.3) is 0 Å². The van der Waals surface area contributed by atoms with E-state index in [0.717, 1.165) is 12.6 Å². The summed E-state index contributed by atoms with van der Waals surface area (Å²) in [6.07, 6.45) is 23.5. The maximum Gasteiger partial charge on any atom is 0.244 e. The maximum atomic E-state index is 4.65. The van der Waals surface area contributed by atoms with E-state index in [0.29, 0.717) is 11.8 Å². The Morgan fingerprint density at radius 2 is 1.24 bits per heavy atom. The van der Waals surface area contributed by atoms with Crippen LogP contribution in [-0.4, -0.2) is 12.4 Å². The fourth-order valence-electron chi connectivity index (χ4n) is 4.54. The Hall–Kier alpha value is -1.57. The highest BCUT2D eigenvalue weighted by Gasteiger charge is 2.35. The lowest BCUT2D eigenvalue weighted by molar-refractivity contribution is 0.284. The Kier molecular flexibility index (Phi) is 12.5. The fraction of sp³-hybridized carbons (Fsp3) is 0.667. The van der Waals surface area contributed by atoms with Crippen molar-refractivity contribution in [2.75, 3.05) is 0 Å². The van der Waals surface area contributed by atoms with Crippen molar-refractivity contribution < 1.29 is 0 Å². The Morgan fingerprint density at radius 3 is 1.90 bits per heavy atom. The maximum absolute atomic E-state index is 4.65. The molecule has 0 N–H and O–H groups in total. The van der Waals surface area contributed by atoms with Gasteiger partial charge in [0.2, 0.25) is 6.17 Å². The number of rotatable bonds is 17. The predicted octanol–water partition coefficient (Wildman–Crippen LogP) is 8.22. The van der Waals surface area contributed by atoms with Crippen molar-refractivity contribution in [1.29, 1.82) is 0 Å². The number of benzene rings is 1. The molecule has 2 unspecified atom stereocenters. The lowest BCUT2D eigenvalue weighted by Crippen LogP contribution is -2.22. The van der Waals surface area contributed by atoms with Crippen LogP contribution in [0.25, 0.3) is 0 Å². The first-order chi connectivity index (χ1) is 14.3. The zero-order chi connectivity index (χ0) is 20.6. The van der Waals surface area contributed by atoms with Gasteiger partial charge in [-0.05, 0) is 30.7 Å². The number of aliphatic imine (C=N–C) groups is 2. The summed E-state index contributed by atoms with van der Waals surface area (Å²) in [6.45, 7) is 4.58. The highest BCUT2D eigenvalue weighted by atomic mass is 15.0. The highest BCUT2D eigenvalue weighted by Crippen LogP contribution is 2.36. The second-order valence-corrected chi connectivity index (χ2v) is 8.73. The zero-order valence-electron chi connectivity index (χ0n) is 19.0. The third-order valence-electron chi connectivity index (χ3n) is 6.27. The summed E-state index contributed by atoms with van der Waals surface area (Å²) >= 11 is 0. The minimum absolute atomic E-state index is 0.502. The summed E-state index contributed by atoms with van der Waals surface area (Å²) in [5, 5.41) is 0. The Bertz CT molecular complexity index is 551. The summed E-state index contributed by atoms with van der Waals surface area (Å²) in [5.41, 5.74) is 1.46. The average molecular weight is 396 g/mol. The van der Waals surface area contributed by atoms with Crippen LogP contribution in [0.5, 0.6) is 0 Å². The molecule has 29 heavy (non-hydrogen) atoms. The van der Waals surface area contributed by atoms with Crippen molar-refractivity contribution in [3.63, 3.8) is 0 Å². The van der Waals surface area contributed by atoms with Crippen molar-refractivity contribution in [1.82, 2.24) is 0 Å². The van der Waals surface area contributed by atoms with E-state index in [-0.39, 0.29) is 0 Å². The normalized spacial score (nSPS) is 15.2. The standard InChI is InChI=1S/C27H43N2/c1-3-5-7-9-10-11-15-19-25(23-24-17-13-12-14-18-24)26(20-16-8-6-4-2)27-28-21-22-29-27/h12-14,17-18,21-22,25-26H,3-11,15-16,19-20,23H2,1-2H3/q+1. The molecule has 2 nitrogen and oxygen atoms in total. The second kappa shape index (κ2) is 15.3. The van der Waals surface area contributed by atoms with Gasteiger partial charge in [0, 0.05) is 0 Å². The summed E-state index contributed by atoms with van der Waals surface area (Å²) in [6, 6.07) is 11.1. The molecule has 0 radical (unpaired) electrons. The first kappa shape index (κ1) is 23.7. The van der Waals surface area contributed by atoms with E-state index in [4.69, 9.17) is 0 Å². The molecule has 0 aliphatic carbocycles. The van der Waals surface area contributed by atoms with Gasteiger partial charge in [-0.25, -0.2) is 0 Å². The number of hydrogen-bond donors (Lipinski definition) is 0. The molecule has 0 saturated heterocycles. The van der Waals surface area contributed by atoms with E-state index >= 15 is 0 Å². The molecule has 1 aliphatic heterocycles. The van der Waals surface area contributed by atoms with Crippen LogP contribution < -0.4 is 0 Å². The largest absolute Gasteiger partial charge is 0.244 e. The predicted molar refractivity (Wildman–Crippen MR) is 129 cm³/mol. The van der Waals surface area contributed by atoms with Gasteiger partial charge >= 0.3 is 0 Å². The summed E-state index contributed by atoms with van der Waals surface area (Å²) in [4.78, 5) is 9.29. The van der Waals surface area contributed by atoms with Crippen LogP contribution in [0.4, 0.5) is 0 Å². The highest BCUT2D eigenvalue weighted by molar-refractivity contribution is 6.18. The van der Waals surface area contributed by atoms with Crippen LogP contribution in [0, 0.1) is 18.0 Å². The van der Waals surface area contributed by atoms with E-state index in [1.807, 2.05) is 12.4 Å². The van der Waals surface area contributed by atoms with Crippen LogP contribution in [0.3, 0.4) is 0 Å². The molecular weight excluding hydrogens is 352 g/mol. The fourth-order valence-corrected chi connectivity index (χ4v) is 4.54. The van der Waals surface area contributed by atoms with Gasteiger partial charge in [-0.2, -0.15) is 0 Å². The molecule has 160 valence electrons. The second-order valence-electron chi connectivity index (χ2n) is 8.73. The molecule has 1 aromatic carbocycles. The molecule has 1 heterocycles. The van der Waals surface area contributed by atoms with Gasteiger partial charge in [0.05, 0.1) is 5.92 Å². The quantitative estimate of drug-likeness (QED) is 0.187. The molecule has 1 aromatic rings. The molecule has 0 bridgehead atoms. The third-order valence-corrected chi connectivity index (χ3v) is 6.27. The molecule has 2 rings (SSSR count). The first-order valence-corrected chi connectivity index (χ1v) is 12.3. The van der Waals surface area contributed by atoms with E-state index < -0.39 is 0 Å². The summed E-state index contributed by atoms with van der Waals surface area (Å²) < 4.78 is 0. The molecule has 2 heteroatoms. The van der Waals surface area contributed by atoms with Crippen LogP contribution in [0.15, 0.2) is 40.3 Å². The van der Waals surface area contributed by atoms with E-state index in [9.17, 15) is 0 Å². The molecule has 0 aromatic heterocycles. The van der Waals surface area contributed by atoms with Crippen LogP contribution >= 0.6 is 0 Å². The van der Waals surface area contributed by atoms with Gasteiger partial charge < -0.3 is 0 Å². The number of hydrogen-bond acceptors (Lipinski definition) is 2. The van der Waals surface area contributed by atoms with Crippen LogP contribution in [0.2, 0.25) is 0 Å². The van der Waals surface area contributed by atoms with Crippen molar-refractivity contribution in [3.8, 4) is 0 Å². The lowest BCUT2D eigenvalue weighted by Gasteiger charge is -2.26. The number of unbranched alkanes of at least 4 members (excludes halogenated alkanes) is 9. The Labute approximate surface area is 180 Å². The van der Waals surface area contributed by atoms with Gasteiger partial charge in [-0.15, -0.1) is 0 Å². The molecular formula is C27H43N2+. The molecule has 0 saturated carbocycles. The zero-order valence-corrected chi connectivity index (χ0v) is 19.0. The minimum atomic E-state index is 0.502. The number of nitrogens with zero attached hydrogens (tertiary/aromatic N) is 2. The minimum Gasteiger partial charge on any atom is -0.0965 e. The average Bonchev–Trinajstić information content (AvgIpc) is 3.28. The van der Waals surface area contributed by atoms with E-state index in [1.54, 1.807) is 0 Å².